The molecular weight excluding hydrogens is 436 g/mol. The quantitative estimate of drug-likeness (QED) is 0.619. The van der Waals surface area contributed by atoms with Gasteiger partial charge in [0, 0.05) is 39.1 Å². The van der Waals surface area contributed by atoms with Crippen LogP contribution in [-0.4, -0.2) is 67.4 Å². The topological polar surface area (TPSA) is 105 Å². The zero-order chi connectivity index (χ0) is 24.2. The van der Waals surface area contributed by atoms with Crippen molar-refractivity contribution in [1.82, 2.24) is 10.2 Å². The Morgan fingerprint density at radius 2 is 1.68 bits per heavy atom. The van der Waals surface area contributed by atoms with Gasteiger partial charge < -0.3 is 24.8 Å². The molecule has 34 heavy (non-hydrogen) atoms. The lowest BCUT2D eigenvalue weighted by Crippen LogP contribution is -2.41. The number of carboxylic acid groups (broad SMARTS) is 1. The highest BCUT2D eigenvalue weighted by atomic mass is 16.5. The number of nitrogens with zero attached hydrogens (tertiary/aromatic N) is 1. The van der Waals surface area contributed by atoms with Crippen molar-refractivity contribution < 1.29 is 29.0 Å². The van der Waals surface area contributed by atoms with Gasteiger partial charge >= 0.3 is 12.1 Å². The number of methoxy groups -OCH3 is 1. The second-order valence-corrected chi connectivity index (χ2v) is 8.93. The molecule has 0 spiro atoms. The number of rotatable bonds is 8. The first-order valence-electron chi connectivity index (χ1n) is 11.5. The first kappa shape index (κ1) is 23.8. The molecule has 1 saturated heterocycles. The molecule has 4 rings (SSSR count). The molecular formula is C26H30N2O6. The Labute approximate surface area is 198 Å². The normalized spacial score (nSPS) is 19.9. The van der Waals surface area contributed by atoms with Gasteiger partial charge in [-0.15, -0.1) is 0 Å². The van der Waals surface area contributed by atoms with E-state index in [1.807, 2.05) is 31.2 Å². The Morgan fingerprint density at radius 1 is 1.06 bits per heavy atom. The zero-order valence-electron chi connectivity index (χ0n) is 19.4. The monoisotopic (exact) mass is 466 g/mol. The molecule has 1 aliphatic heterocycles. The van der Waals surface area contributed by atoms with E-state index in [4.69, 9.17) is 9.47 Å². The van der Waals surface area contributed by atoms with Gasteiger partial charge in [-0.25, -0.2) is 4.79 Å². The number of benzene rings is 2. The highest BCUT2D eigenvalue weighted by Gasteiger charge is 2.39. The van der Waals surface area contributed by atoms with E-state index in [0.717, 1.165) is 22.3 Å². The Morgan fingerprint density at radius 3 is 2.24 bits per heavy atom. The molecule has 3 atom stereocenters. The number of likely N-dealkylation sites (tertiary alicyclic amines) is 1. The number of carbonyl (C=O) groups excluding carboxylic acids is 2. The van der Waals surface area contributed by atoms with E-state index < -0.39 is 24.1 Å². The maximum atomic E-state index is 12.8. The lowest BCUT2D eigenvalue weighted by Gasteiger charge is -2.22. The molecule has 8 heteroatoms. The molecule has 1 unspecified atom stereocenters. The van der Waals surface area contributed by atoms with E-state index >= 15 is 0 Å². The van der Waals surface area contributed by atoms with Crippen LogP contribution in [0.25, 0.3) is 11.1 Å². The minimum absolute atomic E-state index is 0.0224. The number of amides is 2. The number of nitrogens with one attached hydrogen (secondary N) is 1. The van der Waals surface area contributed by atoms with Crippen molar-refractivity contribution in [2.24, 2.45) is 11.8 Å². The fourth-order valence-electron chi connectivity index (χ4n) is 4.97. The van der Waals surface area contributed by atoms with Gasteiger partial charge in [-0.1, -0.05) is 55.5 Å². The molecule has 0 bridgehead atoms. The van der Waals surface area contributed by atoms with Crippen molar-refractivity contribution in [3.63, 3.8) is 0 Å². The first-order valence-corrected chi connectivity index (χ1v) is 11.5. The second kappa shape index (κ2) is 10.3. The molecule has 1 fully saturated rings. The van der Waals surface area contributed by atoms with Gasteiger partial charge in [0.15, 0.2) is 0 Å². The molecule has 180 valence electrons. The van der Waals surface area contributed by atoms with Gasteiger partial charge in [0.25, 0.3) is 5.91 Å². The number of carboxylic acids is 1. The average Bonchev–Trinajstić information content (AvgIpc) is 3.38. The van der Waals surface area contributed by atoms with Crippen molar-refractivity contribution >= 4 is 18.0 Å². The fraction of sp³-hybridized carbons (Fsp3) is 0.423. The van der Waals surface area contributed by atoms with Gasteiger partial charge in [0.2, 0.25) is 0 Å². The van der Waals surface area contributed by atoms with Gasteiger partial charge in [-0.05, 0) is 28.2 Å². The Balaban J connectivity index is 1.27. The molecule has 0 saturated carbocycles. The number of fused-ring (bicyclic) bond motifs is 3. The molecule has 0 radical (unpaired) electrons. The minimum atomic E-state index is -0.895. The van der Waals surface area contributed by atoms with E-state index in [0.29, 0.717) is 6.54 Å². The predicted molar refractivity (Wildman–Crippen MR) is 125 cm³/mol. The van der Waals surface area contributed by atoms with Gasteiger partial charge in [0.05, 0.1) is 5.92 Å². The van der Waals surface area contributed by atoms with Crippen LogP contribution in [0.3, 0.4) is 0 Å². The van der Waals surface area contributed by atoms with Crippen LogP contribution < -0.4 is 5.32 Å². The summed E-state index contributed by atoms with van der Waals surface area (Å²) in [7, 11) is 1.43. The van der Waals surface area contributed by atoms with Crippen LogP contribution in [0.4, 0.5) is 4.79 Å². The van der Waals surface area contributed by atoms with Crippen LogP contribution in [0, 0.1) is 11.8 Å². The lowest BCUT2D eigenvalue weighted by molar-refractivity contribution is -0.143. The van der Waals surface area contributed by atoms with Crippen molar-refractivity contribution in [3.8, 4) is 11.1 Å². The molecule has 2 aliphatic rings. The number of ether oxygens (including phenoxy) is 2. The SMILES string of the molecule is COC(CCNC(=O)OCC1c2ccccc2-c2ccccc21)C(=O)N1C[C@H](C(=O)O)[C@@H](C)C1. The molecule has 2 aromatic carbocycles. The summed E-state index contributed by atoms with van der Waals surface area (Å²) in [6, 6.07) is 16.3. The first-order chi connectivity index (χ1) is 16.4. The number of hydrogen-bond donors (Lipinski definition) is 2. The van der Waals surface area contributed by atoms with Crippen molar-refractivity contribution in [3.05, 3.63) is 59.7 Å². The van der Waals surface area contributed by atoms with E-state index in [1.54, 1.807) is 0 Å². The largest absolute Gasteiger partial charge is 0.481 e. The van der Waals surface area contributed by atoms with E-state index in [-0.39, 0.29) is 43.9 Å². The maximum absolute atomic E-state index is 12.8. The van der Waals surface area contributed by atoms with Gasteiger partial charge in [0.1, 0.15) is 12.7 Å². The average molecular weight is 467 g/mol. The summed E-state index contributed by atoms with van der Waals surface area (Å²) in [5, 5.41) is 12.0. The molecule has 2 N–H and O–H groups in total. The fourth-order valence-corrected chi connectivity index (χ4v) is 4.97. The molecule has 8 nitrogen and oxygen atoms in total. The summed E-state index contributed by atoms with van der Waals surface area (Å²) in [5.74, 6) is -1.86. The standard InChI is InChI=1S/C26H30N2O6/c1-16-13-28(14-21(16)25(30)31)24(29)23(33-2)11-12-27-26(32)34-15-22-19-9-5-3-7-17(19)18-8-4-6-10-20(18)22/h3-10,16,21-23H,11-15H2,1-2H3,(H,27,32)(H,30,31)/t16-,21-,23?/m0/s1. The maximum Gasteiger partial charge on any atom is 0.407 e. The van der Waals surface area contributed by atoms with E-state index in [1.165, 1.54) is 12.0 Å². The van der Waals surface area contributed by atoms with Gasteiger partial charge in [-0.2, -0.15) is 0 Å². The van der Waals surface area contributed by atoms with Crippen molar-refractivity contribution in [2.75, 3.05) is 33.4 Å². The summed E-state index contributed by atoms with van der Waals surface area (Å²) >= 11 is 0. The summed E-state index contributed by atoms with van der Waals surface area (Å²) in [6.45, 7) is 2.80. The molecule has 0 aromatic heterocycles. The Bertz CT molecular complexity index is 1030. The summed E-state index contributed by atoms with van der Waals surface area (Å²) in [6.07, 6.45) is -1.04. The molecule has 1 heterocycles. The third-order valence-electron chi connectivity index (χ3n) is 6.82. The Hall–Kier alpha value is -3.39. The van der Waals surface area contributed by atoms with Crippen LogP contribution >= 0.6 is 0 Å². The highest BCUT2D eigenvalue weighted by Crippen LogP contribution is 2.44. The summed E-state index contributed by atoms with van der Waals surface area (Å²) in [4.78, 5) is 38.0. The van der Waals surface area contributed by atoms with Crippen LogP contribution in [0.1, 0.15) is 30.4 Å². The minimum Gasteiger partial charge on any atom is -0.481 e. The van der Waals surface area contributed by atoms with Crippen LogP contribution in [0.5, 0.6) is 0 Å². The number of alkyl carbamates (subject to hydrolysis) is 1. The van der Waals surface area contributed by atoms with Crippen molar-refractivity contribution in [2.45, 2.75) is 25.4 Å². The lowest BCUT2D eigenvalue weighted by atomic mass is 9.98. The molecule has 1 aliphatic carbocycles. The predicted octanol–water partition coefficient (Wildman–Crippen LogP) is 3.11. The van der Waals surface area contributed by atoms with Crippen LogP contribution in [0.15, 0.2) is 48.5 Å². The van der Waals surface area contributed by atoms with Crippen LogP contribution in [-0.2, 0) is 19.1 Å². The van der Waals surface area contributed by atoms with Gasteiger partial charge in [-0.3, -0.25) is 9.59 Å². The van der Waals surface area contributed by atoms with E-state index in [2.05, 4.69) is 29.6 Å². The zero-order valence-corrected chi connectivity index (χ0v) is 19.4. The third-order valence-corrected chi connectivity index (χ3v) is 6.82. The van der Waals surface area contributed by atoms with Crippen LogP contribution in [0.2, 0.25) is 0 Å². The second-order valence-electron chi connectivity index (χ2n) is 8.93. The van der Waals surface area contributed by atoms with E-state index in [9.17, 15) is 19.5 Å². The van der Waals surface area contributed by atoms with Crippen molar-refractivity contribution in [1.29, 1.82) is 0 Å². The highest BCUT2D eigenvalue weighted by molar-refractivity contribution is 5.83. The number of aliphatic carboxylic acids is 1. The third kappa shape index (κ3) is 4.77. The summed E-state index contributed by atoms with van der Waals surface area (Å²) < 4.78 is 10.8. The number of hydrogen-bond acceptors (Lipinski definition) is 5. The number of carbonyl (C=O) groups is 3. The molecule has 2 amide bonds. The smallest absolute Gasteiger partial charge is 0.407 e. The summed E-state index contributed by atoms with van der Waals surface area (Å²) in [5.41, 5.74) is 4.60. The Kier molecular flexibility index (Phi) is 7.17. The molecule has 2 aromatic rings.